The highest BCUT2D eigenvalue weighted by Crippen LogP contribution is 2.32. The van der Waals surface area contributed by atoms with Crippen LogP contribution in [0.5, 0.6) is 0 Å². The Balaban J connectivity index is 2.06. The Morgan fingerprint density at radius 3 is 2.26 bits per heavy atom. The summed E-state index contributed by atoms with van der Waals surface area (Å²) >= 11 is 12.9. The molecule has 1 amide bonds. The minimum atomic E-state index is -3.19. The Hall–Kier alpha value is -0.340. The Kier molecular flexibility index (Phi) is 4.42. The van der Waals surface area contributed by atoms with Crippen molar-refractivity contribution < 1.29 is 13.2 Å². The van der Waals surface area contributed by atoms with Crippen molar-refractivity contribution in [3.05, 3.63) is 20.3 Å². The average Bonchev–Trinajstić information content (AvgIpc) is 2.66. The van der Waals surface area contributed by atoms with Gasteiger partial charge in [-0.2, -0.15) is 4.31 Å². The van der Waals surface area contributed by atoms with E-state index in [1.165, 1.54) is 10.6 Å². The zero-order valence-electron chi connectivity index (χ0n) is 10.1. The van der Waals surface area contributed by atoms with Crippen LogP contribution in [0.15, 0.2) is 6.07 Å². The van der Waals surface area contributed by atoms with Gasteiger partial charge in [0.25, 0.3) is 5.91 Å². The Bertz CT molecular complexity index is 592. The lowest BCUT2D eigenvalue weighted by Gasteiger charge is -2.33. The van der Waals surface area contributed by atoms with E-state index in [1.807, 2.05) is 0 Å². The molecule has 9 heteroatoms. The molecule has 1 aliphatic rings. The summed E-state index contributed by atoms with van der Waals surface area (Å²) in [5.41, 5.74) is 0.379. The van der Waals surface area contributed by atoms with E-state index < -0.39 is 10.0 Å². The van der Waals surface area contributed by atoms with Crippen LogP contribution in [-0.4, -0.2) is 56.0 Å². The zero-order chi connectivity index (χ0) is 14.2. The third kappa shape index (κ3) is 3.41. The number of sulfonamides is 1. The highest BCUT2D eigenvalue weighted by atomic mass is 35.5. The maximum atomic E-state index is 12.2. The van der Waals surface area contributed by atoms with Gasteiger partial charge in [0.05, 0.1) is 16.2 Å². The molecule has 5 nitrogen and oxygen atoms in total. The largest absolute Gasteiger partial charge is 0.336 e. The second-order valence-corrected chi connectivity index (χ2v) is 8.46. The number of carbonyl (C=O) groups excluding carboxylic acids is 1. The molecule has 1 aromatic heterocycles. The second kappa shape index (κ2) is 5.57. The number of carbonyl (C=O) groups is 1. The number of hydrogen-bond donors (Lipinski definition) is 0. The number of halogens is 2. The third-order valence-electron chi connectivity index (χ3n) is 2.88. The van der Waals surface area contributed by atoms with Crippen molar-refractivity contribution in [3.63, 3.8) is 0 Å². The number of hydrogen-bond acceptors (Lipinski definition) is 4. The Morgan fingerprint density at radius 1 is 1.26 bits per heavy atom. The van der Waals surface area contributed by atoms with Crippen molar-refractivity contribution in [1.29, 1.82) is 0 Å². The van der Waals surface area contributed by atoms with E-state index in [1.54, 1.807) is 11.0 Å². The quantitative estimate of drug-likeness (QED) is 0.822. The van der Waals surface area contributed by atoms with Gasteiger partial charge in [-0.15, -0.1) is 11.3 Å². The number of nitrogens with zero attached hydrogens (tertiary/aromatic N) is 2. The van der Waals surface area contributed by atoms with Gasteiger partial charge in [-0.05, 0) is 6.07 Å². The molecule has 19 heavy (non-hydrogen) atoms. The third-order valence-corrected chi connectivity index (χ3v) is 5.67. The van der Waals surface area contributed by atoms with Crippen LogP contribution in [0.3, 0.4) is 0 Å². The van der Waals surface area contributed by atoms with E-state index in [2.05, 4.69) is 0 Å². The van der Waals surface area contributed by atoms with E-state index in [4.69, 9.17) is 23.2 Å². The Morgan fingerprint density at radius 2 is 1.84 bits per heavy atom. The fourth-order valence-corrected chi connectivity index (χ4v) is 4.15. The van der Waals surface area contributed by atoms with Gasteiger partial charge in [0.1, 0.15) is 4.34 Å². The fraction of sp³-hybridized carbons (Fsp3) is 0.500. The van der Waals surface area contributed by atoms with Crippen molar-refractivity contribution in [2.24, 2.45) is 0 Å². The molecule has 0 unspecified atom stereocenters. The molecular formula is C10H12Cl2N2O3S2. The van der Waals surface area contributed by atoms with Crippen molar-refractivity contribution >= 4 is 50.5 Å². The molecule has 0 spiro atoms. The SMILES string of the molecule is CS(=O)(=O)N1CCN(C(=O)c2cc(Cl)sc2Cl)CC1. The second-order valence-electron chi connectivity index (χ2n) is 4.19. The highest BCUT2D eigenvalue weighted by molar-refractivity contribution is 7.88. The molecule has 0 radical (unpaired) electrons. The van der Waals surface area contributed by atoms with Crippen LogP contribution in [0, 0.1) is 0 Å². The van der Waals surface area contributed by atoms with Crippen LogP contribution in [0.4, 0.5) is 0 Å². The van der Waals surface area contributed by atoms with Crippen LogP contribution in [0.1, 0.15) is 10.4 Å². The van der Waals surface area contributed by atoms with E-state index in [9.17, 15) is 13.2 Å². The van der Waals surface area contributed by atoms with E-state index in [0.717, 1.165) is 11.3 Å². The summed E-state index contributed by atoms with van der Waals surface area (Å²) in [7, 11) is -3.19. The van der Waals surface area contributed by atoms with Gasteiger partial charge < -0.3 is 4.90 Å². The molecule has 1 fully saturated rings. The molecule has 0 aliphatic carbocycles. The first kappa shape index (κ1) is 15.1. The van der Waals surface area contributed by atoms with E-state index >= 15 is 0 Å². The van der Waals surface area contributed by atoms with Gasteiger partial charge >= 0.3 is 0 Å². The summed E-state index contributed by atoms with van der Waals surface area (Å²) in [5.74, 6) is -0.207. The minimum absolute atomic E-state index is 0.207. The van der Waals surface area contributed by atoms with Crippen molar-refractivity contribution in [1.82, 2.24) is 9.21 Å². The molecule has 0 N–H and O–H groups in total. The van der Waals surface area contributed by atoms with Crippen LogP contribution >= 0.6 is 34.5 Å². The van der Waals surface area contributed by atoms with Gasteiger partial charge in [0, 0.05) is 26.2 Å². The summed E-state index contributed by atoms with van der Waals surface area (Å²) in [5, 5.41) is 0. The molecule has 106 valence electrons. The van der Waals surface area contributed by atoms with Gasteiger partial charge in [0.2, 0.25) is 10.0 Å². The first-order valence-corrected chi connectivity index (χ1v) is 8.90. The van der Waals surface area contributed by atoms with Gasteiger partial charge in [-0.3, -0.25) is 4.79 Å². The standard InChI is InChI=1S/C10H12Cl2N2O3S2/c1-19(16,17)14-4-2-13(3-5-14)10(15)7-6-8(11)18-9(7)12/h6H,2-5H2,1H3. The number of amides is 1. The fourth-order valence-electron chi connectivity index (χ4n) is 1.88. The summed E-state index contributed by atoms with van der Waals surface area (Å²) in [6.07, 6.45) is 1.17. The van der Waals surface area contributed by atoms with Crippen molar-refractivity contribution in [2.75, 3.05) is 32.4 Å². The van der Waals surface area contributed by atoms with Crippen LogP contribution in [0.25, 0.3) is 0 Å². The maximum Gasteiger partial charge on any atom is 0.256 e. The monoisotopic (exact) mass is 342 g/mol. The molecular weight excluding hydrogens is 331 g/mol. The molecule has 2 rings (SSSR count). The smallest absolute Gasteiger partial charge is 0.256 e. The van der Waals surface area contributed by atoms with E-state index in [0.29, 0.717) is 40.4 Å². The predicted octanol–water partition coefficient (Wildman–Crippen LogP) is 1.77. The summed E-state index contributed by atoms with van der Waals surface area (Å²) in [4.78, 5) is 13.8. The van der Waals surface area contributed by atoms with Crippen LogP contribution in [-0.2, 0) is 10.0 Å². The topological polar surface area (TPSA) is 57.7 Å². The lowest BCUT2D eigenvalue weighted by Crippen LogP contribution is -2.50. The lowest BCUT2D eigenvalue weighted by molar-refractivity contribution is 0.0699. The van der Waals surface area contributed by atoms with Crippen LogP contribution < -0.4 is 0 Å². The van der Waals surface area contributed by atoms with Gasteiger partial charge in [-0.25, -0.2) is 8.42 Å². The minimum Gasteiger partial charge on any atom is -0.336 e. The molecule has 2 heterocycles. The Labute approximate surface area is 125 Å². The average molecular weight is 343 g/mol. The number of rotatable bonds is 2. The molecule has 0 atom stereocenters. The van der Waals surface area contributed by atoms with E-state index in [-0.39, 0.29) is 5.91 Å². The van der Waals surface area contributed by atoms with Crippen molar-refractivity contribution in [3.8, 4) is 0 Å². The lowest BCUT2D eigenvalue weighted by atomic mass is 10.2. The molecule has 0 saturated carbocycles. The summed E-state index contributed by atoms with van der Waals surface area (Å²) in [6, 6.07) is 1.54. The molecule has 0 aromatic carbocycles. The zero-order valence-corrected chi connectivity index (χ0v) is 13.2. The normalized spacial score (nSPS) is 17.7. The molecule has 0 bridgehead atoms. The summed E-state index contributed by atoms with van der Waals surface area (Å²) in [6.45, 7) is 1.32. The van der Waals surface area contributed by atoms with Crippen molar-refractivity contribution in [2.45, 2.75) is 0 Å². The van der Waals surface area contributed by atoms with Gasteiger partial charge in [0.15, 0.2) is 0 Å². The molecule has 1 aromatic rings. The summed E-state index contributed by atoms with van der Waals surface area (Å²) < 4.78 is 24.9. The molecule has 1 aliphatic heterocycles. The number of thiophene rings is 1. The highest BCUT2D eigenvalue weighted by Gasteiger charge is 2.28. The number of piperazine rings is 1. The predicted molar refractivity (Wildman–Crippen MR) is 76.7 cm³/mol. The first-order chi connectivity index (χ1) is 8.79. The molecule has 1 saturated heterocycles. The first-order valence-electron chi connectivity index (χ1n) is 5.48. The van der Waals surface area contributed by atoms with Crippen LogP contribution in [0.2, 0.25) is 8.67 Å². The maximum absolute atomic E-state index is 12.2. The van der Waals surface area contributed by atoms with Gasteiger partial charge in [-0.1, -0.05) is 23.2 Å².